The second-order valence-corrected chi connectivity index (χ2v) is 4.60. The zero-order chi connectivity index (χ0) is 11.4. The molecule has 6 heteroatoms. The first-order valence-corrected chi connectivity index (χ1v) is 5.97. The average Bonchev–Trinajstić information content (AvgIpc) is 2.32. The first-order chi connectivity index (χ1) is 7.78. The van der Waals surface area contributed by atoms with Gasteiger partial charge in [0, 0.05) is 39.3 Å². The van der Waals surface area contributed by atoms with Gasteiger partial charge in [0.15, 0.2) is 0 Å². The number of nitrogens with zero attached hydrogens (tertiary/aromatic N) is 2. The molecule has 19 heavy (non-hydrogen) atoms. The van der Waals surface area contributed by atoms with E-state index in [9.17, 15) is 0 Å². The zero-order valence-electron chi connectivity index (χ0n) is 11.2. The number of benzene rings is 1. The SMILES string of the molecule is CN1CCN(Cc2cccc(CN)c2)CC1.Cl.Cl.Cl. The second-order valence-electron chi connectivity index (χ2n) is 4.60. The van der Waals surface area contributed by atoms with Crippen LogP contribution in [0.25, 0.3) is 0 Å². The van der Waals surface area contributed by atoms with Crippen LogP contribution in [-0.2, 0) is 13.1 Å². The number of nitrogens with two attached hydrogens (primary N) is 1. The number of hydrogen-bond acceptors (Lipinski definition) is 3. The van der Waals surface area contributed by atoms with Gasteiger partial charge in [-0.05, 0) is 18.2 Å². The van der Waals surface area contributed by atoms with Crippen LogP contribution in [0.2, 0.25) is 0 Å². The molecule has 0 aromatic heterocycles. The van der Waals surface area contributed by atoms with Gasteiger partial charge in [0.05, 0.1) is 0 Å². The molecule has 3 nitrogen and oxygen atoms in total. The molecule has 1 saturated heterocycles. The van der Waals surface area contributed by atoms with Gasteiger partial charge in [-0.25, -0.2) is 0 Å². The van der Waals surface area contributed by atoms with Crippen molar-refractivity contribution in [3.8, 4) is 0 Å². The summed E-state index contributed by atoms with van der Waals surface area (Å²) in [5.74, 6) is 0. The van der Waals surface area contributed by atoms with Gasteiger partial charge >= 0.3 is 0 Å². The Morgan fingerprint density at radius 1 is 1.00 bits per heavy atom. The zero-order valence-corrected chi connectivity index (χ0v) is 13.7. The van der Waals surface area contributed by atoms with E-state index in [1.807, 2.05) is 0 Å². The smallest absolute Gasteiger partial charge is 0.0234 e. The van der Waals surface area contributed by atoms with Crippen LogP contribution in [-0.4, -0.2) is 43.0 Å². The molecule has 1 aliphatic rings. The first kappa shape index (κ1) is 21.3. The van der Waals surface area contributed by atoms with Gasteiger partial charge in [-0.3, -0.25) is 4.90 Å². The molecule has 2 N–H and O–H groups in total. The average molecular weight is 329 g/mol. The molecule has 0 amide bonds. The molecule has 1 aliphatic heterocycles. The summed E-state index contributed by atoms with van der Waals surface area (Å²) in [6.45, 7) is 6.39. The minimum atomic E-state index is 0. The third kappa shape index (κ3) is 6.80. The highest BCUT2D eigenvalue weighted by Gasteiger charge is 2.13. The molecule has 1 heterocycles. The lowest BCUT2D eigenvalue weighted by Gasteiger charge is -2.32. The lowest BCUT2D eigenvalue weighted by atomic mass is 10.1. The van der Waals surface area contributed by atoms with Crippen LogP contribution >= 0.6 is 37.2 Å². The topological polar surface area (TPSA) is 32.5 Å². The first-order valence-electron chi connectivity index (χ1n) is 5.97. The minimum absolute atomic E-state index is 0. The summed E-state index contributed by atoms with van der Waals surface area (Å²) < 4.78 is 0. The van der Waals surface area contributed by atoms with E-state index in [1.54, 1.807) is 0 Å². The molecule has 1 fully saturated rings. The predicted octanol–water partition coefficient (Wildman–Crippen LogP) is 2.16. The van der Waals surface area contributed by atoms with Gasteiger partial charge < -0.3 is 10.6 Å². The van der Waals surface area contributed by atoms with Gasteiger partial charge in [0.1, 0.15) is 0 Å². The Labute approximate surface area is 134 Å². The molecule has 0 radical (unpaired) electrons. The molecule has 112 valence electrons. The Bertz CT molecular complexity index is 342. The maximum absolute atomic E-state index is 5.65. The number of rotatable bonds is 3. The van der Waals surface area contributed by atoms with Crippen molar-refractivity contribution in [2.75, 3.05) is 33.2 Å². The van der Waals surface area contributed by atoms with Crippen molar-refractivity contribution in [2.45, 2.75) is 13.1 Å². The van der Waals surface area contributed by atoms with Crippen molar-refractivity contribution >= 4 is 37.2 Å². The van der Waals surface area contributed by atoms with Crippen molar-refractivity contribution in [1.82, 2.24) is 9.80 Å². The molecule has 2 rings (SSSR count). The van der Waals surface area contributed by atoms with Gasteiger partial charge in [0.25, 0.3) is 0 Å². The summed E-state index contributed by atoms with van der Waals surface area (Å²) in [4.78, 5) is 4.89. The standard InChI is InChI=1S/C13H21N3.3ClH/c1-15-5-7-16(8-6-15)11-13-4-2-3-12(9-13)10-14;;;/h2-4,9H,5-8,10-11,14H2,1H3;3*1H. The maximum Gasteiger partial charge on any atom is 0.0234 e. The van der Waals surface area contributed by atoms with E-state index in [-0.39, 0.29) is 37.2 Å². The molecule has 1 aromatic carbocycles. The molecular formula is C13H24Cl3N3. The second kappa shape index (κ2) is 10.7. The summed E-state index contributed by atoms with van der Waals surface area (Å²) in [7, 11) is 2.19. The largest absolute Gasteiger partial charge is 0.326 e. The number of halogens is 3. The van der Waals surface area contributed by atoms with Crippen LogP contribution in [0.5, 0.6) is 0 Å². The number of hydrogen-bond donors (Lipinski definition) is 1. The van der Waals surface area contributed by atoms with Crippen LogP contribution < -0.4 is 5.73 Å². The van der Waals surface area contributed by atoms with E-state index in [4.69, 9.17) is 5.73 Å². The van der Waals surface area contributed by atoms with Gasteiger partial charge in [-0.1, -0.05) is 24.3 Å². The lowest BCUT2D eigenvalue weighted by molar-refractivity contribution is 0.148. The molecule has 0 aliphatic carbocycles. The van der Waals surface area contributed by atoms with E-state index in [1.165, 1.54) is 37.3 Å². The van der Waals surface area contributed by atoms with Crippen LogP contribution in [0, 0.1) is 0 Å². The van der Waals surface area contributed by atoms with Gasteiger partial charge in [0.2, 0.25) is 0 Å². The number of piperazine rings is 1. The quantitative estimate of drug-likeness (QED) is 0.923. The van der Waals surface area contributed by atoms with Gasteiger partial charge in [-0.15, -0.1) is 37.2 Å². The molecular weight excluding hydrogens is 305 g/mol. The van der Waals surface area contributed by atoms with Crippen molar-refractivity contribution < 1.29 is 0 Å². The summed E-state index contributed by atoms with van der Waals surface area (Å²) in [6.07, 6.45) is 0. The van der Waals surface area contributed by atoms with E-state index in [0.29, 0.717) is 6.54 Å². The number of likely N-dealkylation sites (N-methyl/N-ethyl adjacent to an activating group) is 1. The highest BCUT2D eigenvalue weighted by atomic mass is 35.5. The fraction of sp³-hybridized carbons (Fsp3) is 0.538. The van der Waals surface area contributed by atoms with Crippen LogP contribution in [0.3, 0.4) is 0 Å². The fourth-order valence-corrected chi connectivity index (χ4v) is 2.12. The Balaban J connectivity index is 0. The molecule has 0 saturated carbocycles. The third-order valence-corrected chi connectivity index (χ3v) is 3.23. The van der Waals surface area contributed by atoms with E-state index in [2.05, 4.69) is 41.1 Å². The summed E-state index contributed by atoms with van der Waals surface area (Å²) in [5, 5.41) is 0. The molecule has 0 atom stereocenters. The Morgan fingerprint density at radius 2 is 1.58 bits per heavy atom. The fourth-order valence-electron chi connectivity index (χ4n) is 2.12. The van der Waals surface area contributed by atoms with Crippen LogP contribution in [0.1, 0.15) is 11.1 Å². The molecule has 0 unspecified atom stereocenters. The van der Waals surface area contributed by atoms with Gasteiger partial charge in [-0.2, -0.15) is 0 Å². The molecule has 0 spiro atoms. The predicted molar refractivity (Wildman–Crippen MR) is 88.9 cm³/mol. The highest BCUT2D eigenvalue weighted by Crippen LogP contribution is 2.09. The Hall–Kier alpha value is -0.0300. The minimum Gasteiger partial charge on any atom is -0.326 e. The van der Waals surface area contributed by atoms with Crippen molar-refractivity contribution in [3.05, 3.63) is 35.4 Å². The Morgan fingerprint density at radius 3 is 2.16 bits per heavy atom. The summed E-state index contributed by atoms with van der Waals surface area (Å²) >= 11 is 0. The van der Waals surface area contributed by atoms with E-state index < -0.39 is 0 Å². The van der Waals surface area contributed by atoms with Crippen LogP contribution in [0.4, 0.5) is 0 Å². The maximum atomic E-state index is 5.65. The van der Waals surface area contributed by atoms with E-state index >= 15 is 0 Å². The van der Waals surface area contributed by atoms with E-state index in [0.717, 1.165) is 6.54 Å². The summed E-state index contributed by atoms with van der Waals surface area (Å²) in [6, 6.07) is 8.61. The highest BCUT2D eigenvalue weighted by molar-refractivity contribution is 5.86. The van der Waals surface area contributed by atoms with Crippen molar-refractivity contribution in [2.24, 2.45) is 5.73 Å². The monoisotopic (exact) mass is 327 g/mol. The van der Waals surface area contributed by atoms with Crippen molar-refractivity contribution in [3.63, 3.8) is 0 Å². The molecule has 0 bridgehead atoms. The van der Waals surface area contributed by atoms with Crippen LogP contribution in [0.15, 0.2) is 24.3 Å². The molecule has 1 aromatic rings. The lowest BCUT2D eigenvalue weighted by Crippen LogP contribution is -2.43. The van der Waals surface area contributed by atoms with Crippen molar-refractivity contribution in [1.29, 1.82) is 0 Å². The Kier molecular flexibility index (Phi) is 12.0. The normalized spacial score (nSPS) is 15.9. The third-order valence-electron chi connectivity index (χ3n) is 3.23. The summed E-state index contributed by atoms with van der Waals surface area (Å²) in [5.41, 5.74) is 8.26.